The number of aryl methyl sites for hydroxylation is 2. The number of carbonyl (C=O) groups is 9. The molecule has 13 rings (SSSR count). The lowest BCUT2D eigenvalue weighted by molar-refractivity contribution is -0.172. The number of ether oxygens (including phenoxy) is 3. The third kappa shape index (κ3) is 18.2. The van der Waals surface area contributed by atoms with Gasteiger partial charge in [-0.3, -0.25) is 38.4 Å². The molecule has 4 aromatic heterocycles. The molecule has 3 aromatic carbocycles. The number of fused-ring (bicyclic) bond motifs is 13. The van der Waals surface area contributed by atoms with Crippen molar-refractivity contribution in [1.29, 1.82) is 0 Å². The minimum Gasteiger partial charge on any atom is -0.458 e. The van der Waals surface area contributed by atoms with Crippen LogP contribution < -0.4 is 32.8 Å². The van der Waals surface area contributed by atoms with Gasteiger partial charge in [0.05, 0.1) is 82.2 Å². The highest BCUT2D eigenvalue weighted by Gasteiger charge is 2.48. The Balaban J connectivity index is 0.000000225. The molecule has 0 saturated heterocycles. The molecule has 3 unspecified atom stereocenters. The summed E-state index contributed by atoms with van der Waals surface area (Å²) in [6.45, 7) is 16.5. The number of alkyl carbamates (subject to hydrolysis) is 1. The van der Waals surface area contributed by atoms with Gasteiger partial charge in [0.25, 0.3) is 11.1 Å². The first-order chi connectivity index (χ1) is 55.8. The van der Waals surface area contributed by atoms with E-state index in [0.29, 0.717) is 67.9 Å². The second-order valence-electron chi connectivity index (χ2n) is 31.0. The number of nitrogens with one attached hydrogen (secondary N) is 3. The average Bonchev–Trinajstić information content (AvgIpc) is 1.60. The van der Waals surface area contributed by atoms with Gasteiger partial charge in [-0.15, -0.1) is 0 Å². The van der Waals surface area contributed by atoms with Crippen molar-refractivity contribution in [3.05, 3.63) is 184 Å². The molecule has 0 spiro atoms. The Morgan fingerprint density at radius 2 is 1.02 bits per heavy atom. The number of halogens is 2. The van der Waals surface area contributed by atoms with Crippen molar-refractivity contribution in [3.8, 4) is 22.8 Å². The van der Waals surface area contributed by atoms with Crippen LogP contribution in [0, 0.1) is 43.2 Å². The zero-order valence-corrected chi connectivity index (χ0v) is 70.3. The summed E-state index contributed by atoms with van der Waals surface area (Å²) in [5.74, 6) is 0.437. The van der Waals surface area contributed by atoms with E-state index in [9.17, 15) is 71.7 Å². The summed E-state index contributed by atoms with van der Waals surface area (Å²) in [6.07, 6.45) is 8.15. The average molecular weight is 1680 g/mol. The molecule has 620 valence electrons. The summed E-state index contributed by atoms with van der Waals surface area (Å²) in [6, 6.07) is 14.9. The van der Waals surface area contributed by atoms with Crippen molar-refractivity contribution in [2.24, 2.45) is 23.5 Å². The van der Waals surface area contributed by atoms with Crippen LogP contribution in [0.4, 0.5) is 13.6 Å². The number of ketones is 4. The number of allylic oxidation sites excluding steroid dienone is 4. The van der Waals surface area contributed by atoms with E-state index in [1.165, 1.54) is 17.7 Å². The van der Waals surface area contributed by atoms with Gasteiger partial charge in [0.2, 0.25) is 11.8 Å². The molecular weight excluding hydrogens is 1580 g/mol. The van der Waals surface area contributed by atoms with Crippen LogP contribution in [0.25, 0.3) is 44.6 Å². The Morgan fingerprint density at radius 3 is 1.48 bits per heavy atom. The molecule has 7 N–H and O–H groups in total. The summed E-state index contributed by atoms with van der Waals surface area (Å²) < 4.78 is 48.8. The SMILES string of the molecule is CC[C@@]1(O)C(=O)OCc2c1cc1n(c2=O)Cc2c-1nc1cc(F)c(C)cc1c2CSCCSCCC(=O)[C@@H](C)NC(=O)[C@@H](C)CC(=O)[C@@H](C)NC(=O)OCC1c2ccccc2C2C=CC=CC21.CC[C@@]1(O)C(=O)OCc2c1cc1n(c2=O)Cc2c-1nc1cc(F)c(C)cc1c2CSCCSCCC(=O)[C@H](C)NC(=O)[C@H](C)CC(=O)[C@H](C)N. The number of carbonyl (C=O) groups excluding carboxylic acids is 9. The number of hydrogen-bond acceptors (Lipinski definition) is 23. The molecule has 0 saturated carbocycles. The first-order valence-corrected chi connectivity index (χ1v) is 44.1. The smallest absolute Gasteiger partial charge is 0.407 e. The maximum Gasteiger partial charge on any atom is 0.407 e. The molecule has 117 heavy (non-hydrogen) atoms. The number of thioether (sulfide) groups is 4. The molecule has 0 fully saturated rings. The standard InChI is InChI=1S/C51H55FN4O9S2.C36H43FN4O7S2/c1-6-51(63)40-21-43-46-36(23-56(43)48(60)38(40)25-64-49(51)61)39(35-19-27(2)41(52)22-42(35)55-46)26-67-18-17-66-16-15-44(57)29(4)53-47(59)28(3)20-45(58)30(5)54-50(62)65-24-37-33-13-9-7-11-31(33)32-12-8-10-14-34(32)37;1-6-36(47)26-13-29-32-23(15-41(29)34(45)24(26)16-48-35(36)46)25(22-11-18(2)27(37)14-28(22)40-32)17-50-10-9-49-8-7-30(42)21(5)39-33(44)19(3)12-31(43)20(4)38/h7-14,19,21-22,28-31,33,37,63H,6,15-18,20,23-26H2,1-5H3,(H,53,59)(H,54,62);11,13-14,19-21,47H,6-10,12,15-17,38H2,1-5H3,(H,39,44)/t28-,29+,30+,31?,33?,37?,51-;19-,20+,21+,36+/m01/s1. The maximum atomic E-state index is 14.9. The van der Waals surface area contributed by atoms with Gasteiger partial charge in [-0.05, 0) is 118 Å². The summed E-state index contributed by atoms with van der Waals surface area (Å²) in [5, 5.41) is 32.1. The third-order valence-corrected chi connectivity index (χ3v) is 27.6. The number of Topliss-reactive ketones (excluding diaryl/α,β-unsaturated/α-hetero) is 4. The number of amides is 3. The van der Waals surface area contributed by atoms with Gasteiger partial charge in [-0.25, -0.2) is 33.1 Å². The highest BCUT2D eigenvalue weighted by Crippen LogP contribution is 2.50. The lowest BCUT2D eigenvalue weighted by Crippen LogP contribution is -2.44. The monoisotopic (exact) mass is 1680 g/mol. The topological polar surface area (TPSA) is 354 Å². The molecule has 8 heterocycles. The van der Waals surface area contributed by atoms with Crippen molar-refractivity contribution in [2.75, 3.05) is 41.1 Å². The van der Waals surface area contributed by atoms with Crippen LogP contribution in [0.3, 0.4) is 0 Å². The van der Waals surface area contributed by atoms with Gasteiger partial charge in [-0.1, -0.05) is 76.3 Å². The predicted molar refractivity (Wildman–Crippen MR) is 449 cm³/mol. The Bertz CT molecular complexity index is 5360. The Kier molecular flexibility index (Phi) is 27.6. The number of esters is 2. The minimum absolute atomic E-state index is 0.00182. The van der Waals surface area contributed by atoms with Crippen LogP contribution in [0.2, 0.25) is 0 Å². The van der Waals surface area contributed by atoms with E-state index in [4.69, 9.17) is 29.9 Å². The first kappa shape index (κ1) is 87.2. The number of nitrogens with zero attached hydrogens (tertiary/aromatic N) is 4. The van der Waals surface area contributed by atoms with Gasteiger partial charge in [0.15, 0.2) is 28.6 Å². The molecular formula is C87H98F2N8O16S4. The van der Waals surface area contributed by atoms with Crippen molar-refractivity contribution in [3.63, 3.8) is 0 Å². The first-order valence-electron chi connectivity index (χ1n) is 39.5. The Morgan fingerprint density at radius 1 is 0.581 bits per heavy atom. The van der Waals surface area contributed by atoms with Crippen LogP contribution >= 0.6 is 47.0 Å². The lowest BCUT2D eigenvalue weighted by atomic mass is 9.84. The summed E-state index contributed by atoms with van der Waals surface area (Å²) in [4.78, 5) is 151. The Hall–Kier alpha value is -9.17. The zero-order chi connectivity index (χ0) is 84.2. The lowest BCUT2D eigenvalue weighted by Gasteiger charge is -2.31. The van der Waals surface area contributed by atoms with Crippen molar-refractivity contribution < 1.29 is 76.4 Å². The molecule has 4 aliphatic heterocycles. The predicted octanol–water partition coefficient (Wildman–Crippen LogP) is 11.2. The van der Waals surface area contributed by atoms with E-state index in [2.05, 4.69) is 40.2 Å². The molecule has 3 amide bonds. The summed E-state index contributed by atoms with van der Waals surface area (Å²) in [5.41, 5.74) is 11.6. The fourth-order valence-electron chi connectivity index (χ4n) is 15.8. The van der Waals surface area contributed by atoms with Gasteiger partial charge in [0, 0.05) is 141 Å². The number of nitrogens with two attached hydrogens (primary N) is 1. The molecule has 24 nitrogen and oxygen atoms in total. The normalized spacial score (nSPS) is 19.8. The third-order valence-electron chi connectivity index (χ3n) is 23.1. The molecule has 30 heteroatoms. The van der Waals surface area contributed by atoms with Gasteiger partial charge in [-0.2, -0.15) is 47.0 Å². The van der Waals surface area contributed by atoms with Crippen LogP contribution in [0.1, 0.15) is 173 Å². The number of pyridine rings is 4. The molecule has 7 aromatic rings. The molecule has 0 radical (unpaired) electrons. The number of benzene rings is 3. The fourth-order valence-corrected chi connectivity index (χ4v) is 20.2. The molecule has 2 aliphatic carbocycles. The van der Waals surface area contributed by atoms with E-state index >= 15 is 0 Å². The van der Waals surface area contributed by atoms with Gasteiger partial charge < -0.3 is 55.2 Å². The highest BCUT2D eigenvalue weighted by molar-refractivity contribution is 8.03. The van der Waals surface area contributed by atoms with Crippen LogP contribution in [-0.4, -0.2) is 148 Å². The van der Waals surface area contributed by atoms with E-state index in [-0.39, 0.29) is 152 Å². The number of cyclic esters (lactones) is 2. The van der Waals surface area contributed by atoms with Crippen LogP contribution in [0.5, 0.6) is 0 Å². The second-order valence-corrected chi connectivity index (χ2v) is 35.7. The van der Waals surface area contributed by atoms with E-state index in [0.717, 1.165) is 61.6 Å². The minimum atomic E-state index is -1.96. The van der Waals surface area contributed by atoms with Crippen molar-refractivity contribution >= 4 is 122 Å². The van der Waals surface area contributed by atoms with E-state index in [1.807, 2.05) is 24.3 Å². The zero-order valence-electron chi connectivity index (χ0n) is 67.1. The van der Waals surface area contributed by atoms with E-state index < -0.39 is 82.8 Å². The Labute approximate surface area is 693 Å². The number of hydrogen-bond donors (Lipinski definition) is 6. The summed E-state index contributed by atoms with van der Waals surface area (Å²) >= 11 is 6.58. The maximum absolute atomic E-state index is 14.9. The number of rotatable bonds is 33. The largest absolute Gasteiger partial charge is 0.458 e. The van der Waals surface area contributed by atoms with Gasteiger partial charge in [0.1, 0.15) is 37.2 Å². The van der Waals surface area contributed by atoms with Crippen molar-refractivity contribution in [1.82, 2.24) is 35.1 Å². The number of aliphatic hydroxyl groups is 2. The quantitative estimate of drug-likeness (QED) is 0.0126. The summed E-state index contributed by atoms with van der Waals surface area (Å²) in [7, 11) is 0. The number of aromatic nitrogens is 4. The second kappa shape index (κ2) is 37.0. The van der Waals surface area contributed by atoms with Gasteiger partial charge >= 0.3 is 18.0 Å². The molecule has 11 atom stereocenters. The van der Waals surface area contributed by atoms with Crippen molar-refractivity contribution in [2.45, 2.75) is 193 Å². The van der Waals surface area contributed by atoms with Crippen LogP contribution in [0.15, 0.2) is 94.6 Å². The van der Waals surface area contributed by atoms with Crippen LogP contribution in [-0.2, 0) is 102 Å². The highest BCUT2D eigenvalue weighted by atomic mass is 32.2. The molecule has 6 aliphatic rings. The molecule has 0 bridgehead atoms. The van der Waals surface area contributed by atoms with E-state index in [1.54, 1.807) is 150 Å². The fraction of sp³-hybridized carbons (Fsp3) is 0.460.